The quantitative estimate of drug-likeness (QED) is 0.674. The van der Waals surface area contributed by atoms with Crippen molar-refractivity contribution in [1.82, 2.24) is 19.9 Å². The first-order valence-corrected chi connectivity index (χ1v) is 8.81. The van der Waals surface area contributed by atoms with Crippen LogP contribution in [0.15, 0.2) is 61.3 Å². The molecule has 0 saturated carbocycles. The summed E-state index contributed by atoms with van der Waals surface area (Å²) in [6.45, 7) is 1.91. The maximum atomic E-state index is 13.0. The van der Waals surface area contributed by atoms with Gasteiger partial charge in [0.1, 0.15) is 12.1 Å². The Kier molecular flexibility index (Phi) is 5.77. The molecule has 0 radical (unpaired) electrons. The highest BCUT2D eigenvalue weighted by Gasteiger charge is 2.31. The Morgan fingerprint density at radius 2 is 2.07 bits per heavy atom. The summed E-state index contributed by atoms with van der Waals surface area (Å²) in [5, 5.41) is 2.82. The Morgan fingerprint density at radius 3 is 2.68 bits per heavy atom. The van der Waals surface area contributed by atoms with Crippen LogP contribution in [-0.2, 0) is 6.18 Å². The molecule has 8 heteroatoms. The first-order chi connectivity index (χ1) is 13.4. The van der Waals surface area contributed by atoms with Crippen LogP contribution >= 0.6 is 0 Å². The Bertz CT molecular complexity index is 921. The topological polar surface area (TPSA) is 59.8 Å². The van der Waals surface area contributed by atoms with Crippen LogP contribution in [-0.4, -0.2) is 20.4 Å². The number of alkyl halides is 3. The number of pyridine rings is 1. The fraction of sp³-hybridized carbons (Fsp3) is 0.250. The van der Waals surface area contributed by atoms with Crippen molar-refractivity contribution in [3.8, 4) is 5.82 Å². The molecule has 3 aromatic rings. The number of carbonyl (C=O) groups excluding carboxylic acids is 1. The minimum Gasteiger partial charge on any atom is -0.345 e. The average Bonchev–Trinajstić information content (AvgIpc) is 3.22. The number of amides is 1. The molecule has 2 aromatic heterocycles. The number of hydrogen-bond acceptors (Lipinski definition) is 3. The molecule has 1 N–H and O–H groups in total. The van der Waals surface area contributed by atoms with E-state index in [1.165, 1.54) is 12.3 Å². The molecular weight excluding hydrogens is 369 g/mol. The van der Waals surface area contributed by atoms with Gasteiger partial charge in [-0.1, -0.05) is 25.5 Å². The molecule has 28 heavy (non-hydrogen) atoms. The van der Waals surface area contributed by atoms with Gasteiger partial charge in [0.15, 0.2) is 0 Å². The molecule has 0 saturated heterocycles. The summed E-state index contributed by atoms with van der Waals surface area (Å²) < 4.78 is 40.7. The van der Waals surface area contributed by atoms with Crippen molar-refractivity contribution in [2.75, 3.05) is 0 Å². The molecule has 5 nitrogen and oxygen atoms in total. The highest BCUT2D eigenvalue weighted by atomic mass is 19.4. The molecule has 0 fully saturated rings. The van der Waals surface area contributed by atoms with Gasteiger partial charge in [-0.3, -0.25) is 9.36 Å². The third-order valence-corrected chi connectivity index (χ3v) is 4.28. The lowest BCUT2D eigenvalue weighted by molar-refractivity contribution is -0.137. The van der Waals surface area contributed by atoms with Gasteiger partial charge < -0.3 is 5.32 Å². The van der Waals surface area contributed by atoms with Gasteiger partial charge in [0.05, 0.1) is 17.2 Å². The Balaban J connectivity index is 1.78. The second-order valence-corrected chi connectivity index (χ2v) is 6.31. The molecule has 0 aliphatic carbocycles. The Morgan fingerprint density at radius 1 is 1.25 bits per heavy atom. The minimum atomic E-state index is -4.43. The van der Waals surface area contributed by atoms with Gasteiger partial charge in [0.2, 0.25) is 0 Å². The average molecular weight is 388 g/mol. The molecule has 1 atom stereocenters. The van der Waals surface area contributed by atoms with E-state index in [4.69, 9.17) is 0 Å². The fourth-order valence-corrected chi connectivity index (χ4v) is 2.85. The van der Waals surface area contributed by atoms with E-state index in [2.05, 4.69) is 15.3 Å². The van der Waals surface area contributed by atoms with E-state index in [0.29, 0.717) is 29.8 Å². The predicted octanol–water partition coefficient (Wildman–Crippen LogP) is 4.56. The number of nitrogens with zero attached hydrogens (tertiary/aromatic N) is 3. The largest absolute Gasteiger partial charge is 0.416 e. The van der Waals surface area contributed by atoms with E-state index in [1.807, 2.05) is 6.92 Å². The summed E-state index contributed by atoms with van der Waals surface area (Å²) in [6.07, 6.45) is 3.17. The predicted molar refractivity (Wildman–Crippen MR) is 97.9 cm³/mol. The van der Waals surface area contributed by atoms with Crippen LogP contribution in [0.25, 0.3) is 5.82 Å². The van der Waals surface area contributed by atoms with E-state index in [9.17, 15) is 18.0 Å². The maximum Gasteiger partial charge on any atom is 0.416 e. The third kappa shape index (κ3) is 4.57. The molecule has 1 unspecified atom stereocenters. The van der Waals surface area contributed by atoms with E-state index in [0.717, 1.165) is 12.1 Å². The summed E-state index contributed by atoms with van der Waals surface area (Å²) in [5.41, 5.74) is 0.0247. The molecular formula is C20H19F3N4O. The van der Waals surface area contributed by atoms with Crippen LogP contribution in [0.2, 0.25) is 0 Å². The standard InChI is InChI=1S/C20H19F3N4O/c1-2-4-17(14-5-3-6-16(11-14)20(21,22)23)26-19(28)15-7-8-18(25-12-15)27-10-9-24-13-27/h3,5-13,17H,2,4H2,1H3,(H,26,28). The number of aromatic nitrogens is 3. The van der Waals surface area contributed by atoms with Gasteiger partial charge in [-0.25, -0.2) is 9.97 Å². The number of carbonyl (C=O) groups is 1. The molecule has 0 aliphatic rings. The highest BCUT2D eigenvalue weighted by Crippen LogP contribution is 2.31. The normalized spacial score (nSPS) is 12.6. The third-order valence-electron chi connectivity index (χ3n) is 4.28. The van der Waals surface area contributed by atoms with Crippen LogP contribution in [0.3, 0.4) is 0 Å². The molecule has 3 rings (SSSR count). The zero-order valence-corrected chi connectivity index (χ0v) is 15.1. The van der Waals surface area contributed by atoms with Crippen molar-refractivity contribution < 1.29 is 18.0 Å². The second-order valence-electron chi connectivity index (χ2n) is 6.31. The van der Waals surface area contributed by atoms with Crippen LogP contribution in [0.5, 0.6) is 0 Å². The molecule has 0 aliphatic heterocycles. The van der Waals surface area contributed by atoms with Crippen LogP contribution in [0.1, 0.15) is 47.3 Å². The van der Waals surface area contributed by atoms with Crippen LogP contribution in [0.4, 0.5) is 13.2 Å². The Labute approximate surface area is 160 Å². The number of hydrogen-bond donors (Lipinski definition) is 1. The molecule has 1 aromatic carbocycles. The first-order valence-electron chi connectivity index (χ1n) is 8.81. The summed E-state index contributed by atoms with van der Waals surface area (Å²) in [5.74, 6) is 0.220. The van der Waals surface area contributed by atoms with Crippen LogP contribution in [0, 0.1) is 0 Å². The van der Waals surface area contributed by atoms with Gasteiger partial charge in [-0.2, -0.15) is 13.2 Å². The molecule has 1 amide bonds. The van der Waals surface area contributed by atoms with Gasteiger partial charge in [0.25, 0.3) is 5.91 Å². The van der Waals surface area contributed by atoms with E-state index in [-0.39, 0.29) is 5.91 Å². The van der Waals surface area contributed by atoms with Gasteiger partial charge in [-0.15, -0.1) is 0 Å². The summed E-state index contributed by atoms with van der Waals surface area (Å²) in [7, 11) is 0. The minimum absolute atomic E-state index is 0.331. The van der Waals surface area contributed by atoms with Crippen molar-refractivity contribution in [3.05, 3.63) is 78.0 Å². The van der Waals surface area contributed by atoms with E-state index < -0.39 is 17.8 Å². The summed E-state index contributed by atoms with van der Waals surface area (Å²) >= 11 is 0. The first kappa shape index (κ1) is 19.6. The Hall–Kier alpha value is -3.16. The van der Waals surface area contributed by atoms with Gasteiger partial charge >= 0.3 is 6.18 Å². The zero-order valence-electron chi connectivity index (χ0n) is 15.1. The van der Waals surface area contributed by atoms with Gasteiger partial charge in [0, 0.05) is 18.6 Å². The second kappa shape index (κ2) is 8.24. The van der Waals surface area contributed by atoms with Gasteiger partial charge in [-0.05, 0) is 36.2 Å². The van der Waals surface area contributed by atoms with Crippen molar-refractivity contribution >= 4 is 5.91 Å². The highest BCUT2D eigenvalue weighted by molar-refractivity contribution is 5.94. The molecule has 2 heterocycles. The maximum absolute atomic E-state index is 13.0. The lowest BCUT2D eigenvalue weighted by Crippen LogP contribution is -2.29. The number of rotatable bonds is 6. The SMILES string of the molecule is CCCC(NC(=O)c1ccc(-n2ccnc2)nc1)c1cccc(C(F)(F)F)c1. The van der Waals surface area contributed by atoms with E-state index in [1.54, 1.807) is 41.5 Å². The zero-order chi connectivity index (χ0) is 20.1. The van der Waals surface area contributed by atoms with Crippen molar-refractivity contribution in [2.45, 2.75) is 32.0 Å². The smallest absolute Gasteiger partial charge is 0.345 e. The number of nitrogens with one attached hydrogen (secondary N) is 1. The van der Waals surface area contributed by atoms with Crippen molar-refractivity contribution in [3.63, 3.8) is 0 Å². The fourth-order valence-electron chi connectivity index (χ4n) is 2.85. The van der Waals surface area contributed by atoms with Crippen LogP contribution < -0.4 is 5.32 Å². The monoisotopic (exact) mass is 388 g/mol. The number of imidazole rings is 1. The summed E-state index contributed by atoms with van der Waals surface area (Å²) in [4.78, 5) is 20.8. The van der Waals surface area contributed by atoms with Crippen molar-refractivity contribution in [2.24, 2.45) is 0 Å². The molecule has 0 spiro atoms. The molecule has 0 bridgehead atoms. The summed E-state index contributed by atoms with van der Waals surface area (Å²) in [6, 6.07) is 7.83. The molecule has 146 valence electrons. The number of halogens is 3. The number of benzene rings is 1. The van der Waals surface area contributed by atoms with E-state index >= 15 is 0 Å². The lowest BCUT2D eigenvalue weighted by atomic mass is 9.99. The lowest BCUT2D eigenvalue weighted by Gasteiger charge is -2.20. The van der Waals surface area contributed by atoms with Crippen molar-refractivity contribution in [1.29, 1.82) is 0 Å².